The predicted octanol–water partition coefficient (Wildman–Crippen LogP) is 3.57. The molecule has 0 saturated carbocycles. The van der Waals surface area contributed by atoms with Gasteiger partial charge in [0.25, 0.3) is 0 Å². The molecule has 0 aliphatic carbocycles. The van der Waals surface area contributed by atoms with E-state index in [2.05, 4.69) is 16.0 Å². The Balaban J connectivity index is 1.43. The van der Waals surface area contributed by atoms with Crippen LogP contribution in [0.3, 0.4) is 0 Å². The second-order valence-electron chi connectivity index (χ2n) is 13.3. The summed E-state index contributed by atoms with van der Waals surface area (Å²) in [5, 5.41) is 8.71. The van der Waals surface area contributed by atoms with Gasteiger partial charge in [0, 0.05) is 19.2 Å². The third kappa shape index (κ3) is 9.14. The number of amides is 4. The highest BCUT2D eigenvalue weighted by Gasteiger charge is 2.42. The lowest BCUT2D eigenvalue weighted by molar-refractivity contribution is -0.143. The SMILES string of the molecule is CC(C)[C@@H]1Oc2ccc(cc2)C=CNC(=O)[C@H](Cc2ccccc2)NC(=O)[C@@H]1NC(=O)[C@@H]1CCCN1C(=O)[C@H](Cc1ccccc1)N(C)C. The first-order valence-corrected chi connectivity index (χ1v) is 17.0. The summed E-state index contributed by atoms with van der Waals surface area (Å²) in [4.78, 5) is 59.5. The molecule has 6 rings (SSSR count). The monoisotopic (exact) mass is 665 g/mol. The summed E-state index contributed by atoms with van der Waals surface area (Å²) in [5.41, 5.74) is 2.75. The van der Waals surface area contributed by atoms with Gasteiger partial charge in [-0.2, -0.15) is 0 Å². The first-order valence-electron chi connectivity index (χ1n) is 17.0. The van der Waals surface area contributed by atoms with Gasteiger partial charge < -0.3 is 25.6 Å². The van der Waals surface area contributed by atoms with Crippen molar-refractivity contribution in [2.24, 2.45) is 5.92 Å². The lowest BCUT2D eigenvalue weighted by Gasteiger charge is -2.35. The molecule has 0 unspecified atom stereocenters. The molecule has 3 N–H and O–H groups in total. The van der Waals surface area contributed by atoms with Gasteiger partial charge in [-0.3, -0.25) is 24.1 Å². The van der Waals surface area contributed by atoms with Crippen molar-refractivity contribution in [3.8, 4) is 5.75 Å². The number of fused-ring (bicyclic) bond motifs is 10. The van der Waals surface area contributed by atoms with Crippen LogP contribution >= 0.6 is 0 Å². The molecule has 1 fully saturated rings. The molecule has 0 spiro atoms. The van der Waals surface area contributed by atoms with Crippen LogP contribution in [0, 0.1) is 5.92 Å². The molecule has 3 aromatic carbocycles. The maximum Gasteiger partial charge on any atom is 0.247 e. The van der Waals surface area contributed by atoms with E-state index in [-0.39, 0.29) is 18.2 Å². The van der Waals surface area contributed by atoms with Gasteiger partial charge in [0.1, 0.15) is 30.0 Å². The Hall–Kier alpha value is -4.96. The number of ether oxygens (including phenoxy) is 1. The highest BCUT2D eigenvalue weighted by Crippen LogP contribution is 2.24. The Bertz CT molecular complexity index is 1610. The van der Waals surface area contributed by atoms with Crippen molar-refractivity contribution in [1.29, 1.82) is 0 Å². The maximum absolute atomic E-state index is 14.3. The molecule has 0 radical (unpaired) electrons. The van der Waals surface area contributed by atoms with E-state index in [1.54, 1.807) is 29.3 Å². The summed E-state index contributed by atoms with van der Waals surface area (Å²) >= 11 is 0. The summed E-state index contributed by atoms with van der Waals surface area (Å²) < 4.78 is 6.42. The third-order valence-electron chi connectivity index (χ3n) is 9.15. The van der Waals surface area contributed by atoms with Crippen LogP contribution in [0.5, 0.6) is 5.75 Å². The molecule has 5 atom stereocenters. The predicted molar refractivity (Wildman–Crippen MR) is 189 cm³/mol. The molecule has 10 nitrogen and oxygen atoms in total. The van der Waals surface area contributed by atoms with Crippen molar-refractivity contribution >= 4 is 29.7 Å². The molecule has 1 saturated heterocycles. The number of hydrogen-bond donors (Lipinski definition) is 3. The van der Waals surface area contributed by atoms with Crippen molar-refractivity contribution in [2.45, 2.75) is 69.8 Å². The number of carbonyl (C=O) groups excluding carboxylic acids is 4. The molecule has 2 bridgehead atoms. The maximum atomic E-state index is 14.3. The number of likely N-dealkylation sites (tertiary alicyclic amines) is 1. The fraction of sp³-hybridized carbons (Fsp3) is 0.385. The van der Waals surface area contributed by atoms with Gasteiger partial charge >= 0.3 is 0 Å². The summed E-state index contributed by atoms with van der Waals surface area (Å²) in [6, 6.07) is 23.2. The molecule has 3 heterocycles. The Morgan fingerprint density at radius 3 is 2.20 bits per heavy atom. The van der Waals surface area contributed by atoms with E-state index in [1.165, 1.54) is 0 Å². The average molecular weight is 666 g/mol. The van der Waals surface area contributed by atoms with Crippen molar-refractivity contribution in [1.82, 2.24) is 25.8 Å². The number of rotatable bonds is 9. The van der Waals surface area contributed by atoms with E-state index in [1.807, 2.05) is 106 Å². The van der Waals surface area contributed by atoms with Crippen molar-refractivity contribution in [2.75, 3.05) is 20.6 Å². The van der Waals surface area contributed by atoms with Gasteiger partial charge in [0.15, 0.2) is 0 Å². The Morgan fingerprint density at radius 2 is 1.57 bits per heavy atom. The van der Waals surface area contributed by atoms with Gasteiger partial charge in [-0.1, -0.05) is 86.6 Å². The summed E-state index contributed by atoms with van der Waals surface area (Å²) in [7, 11) is 3.73. The standard InChI is InChI=1S/C39H47N5O5/c1-26(2)35-34(42-37(46)32-16-11-23-44(32)39(48)33(43(3)4)25-29-14-9-6-10-15-29)38(47)41-31(24-28-12-7-5-8-13-28)36(45)40-22-21-27-17-19-30(49-35)20-18-27/h5-10,12-15,17-22,26,31-35H,11,16,23-25H2,1-4H3,(H,40,45)(H,41,47)(H,42,46)/t31-,32-,33-,34+,35-/m0/s1. The van der Waals surface area contributed by atoms with Gasteiger partial charge in [-0.05, 0) is 74.2 Å². The number of hydrogen-bond acceptors (Lipinski definition) is 6. The van der Waals surface area contributed by atoms with Gasteiger partial charge in [0.2, 0.25) is 23.6 Å². The fourth-order valence-corrected chi connectivity index (χ4v) is 6.41. The lowest BCUT2D eigenvalue weighted by atomic mass is 9.96. The van der Waals surface area contributed by atoms with Crippen LogP contribution in [-0.2, 0) is 32.0 Å². The highest BCUT2D eigenvalue weighted by molar-refractivity contribution is 5.95. The van der Waals surface area contributed by atoms with E-state index in [0.29, 0.717) is 31.6 Å². The average Bonchev–Trinajstić information content (AvgIpc) is 3.59. The minimum absolute atomic E-state index is 0.133. The van der Waals surface area contributed by atoms with Crippen LogP contribution in [0.4, 0.5) is 0 Å². The largest absolute Gasteiger partial charge is 0.487 e. The zero-order valence-corrected chi connectivity index (χ0v) is 28.7. The number of benzene rings is 3. The minimum atomic E-state index is -1.16. The van der Waals surface area contributed by atoms with Gasteiger partial charge in [-0.25, -0.2) is 0 Å². The van der Waals surface area contributed by atoms with Gasteiger partial charge in [0.05, 0.1) is 6.04 Å². The molecular formula is C39H47N5O5. The lowest BCUT2D eigenvalue weighted by Crippen LogP contribution is -2.62. The van der Waals surface area contributed by atoms with Crippen LogP contribution in [0.25, 0.3) is 6.08 Å². The summed E-state index contributed by atoms with van der Waals surface area (Å²) in [5.74, 6) is -1.18. The smallest absolute Gasteiger partial charge is 0.247 e. The summed E-state index contributed by atoms with van der Waals surface area (Å²) in [6.07, 6.45) is 4.41. The van der Waals surface area contributed by atoms with E-state index in [0.717, 1.165) is 16.7 Å². The minimum Gasteiger partial charge on any atom is -0.487 e. The molecule has 3 aliphatic heterocycles. The first-order chi connectivity index (χ1) is 23.6. The highest BCUT2D eigenvalue weighted by atomic mass is 16.5. The van der Waals surface area contributed by atoms with Crippen molar-refractivity contribution in [3.63, 3.8) is 0 Å². The number of likely N-dealkylation sites (N-methyl/N-ethyl adjacent to an activating group) is 1. The van der Waals surface area contributed by atoms with Crippen LogP contribution in [0.15, 0.2) is 91.1 Å². The zero-order valence-electron chi connectivity index (χ0n) is 28.7. The van der Waals surface area contributed by atoms with E-state index in [4.69, 9.17) is 4.74 Å². The Kier molecular flexibility index (Phi) is 11.9. The first kappa shape index (κ1) is 35.3. The second-order valence-corrected chi connectivity index (χ2v) is 13.3. The van der Waals surface area contributed by atoms with Crippen LogP contribution in [-0.4, -0.2) is 84.3 Å². The molecule has 3 aliphatic rings. The molecule has 10 heteroatoms. The summed E-state index contributed by atoms with van der Waals surface area (Å²) in [6.45, 7) is 4.28. The molecule has 258 valence electrons. The molecule has 3 aromatic rings. The van der Waals surface area contributed by atoms with Crippen molar-refractivity contribution in [3.05, 3.63) is 108 Å². The zero-order chi connectivity index (χ0) is 34.9. The molecule has 49 heavy (non-hydrogen) atoms. The molecule has 4 amide bonds. The van der Waals surface area contributed by atoms with Crippen LogP contribution in [0.1, 0.15) is 43.4 Å². The Labute approximate surface area is 288 Å². The number of nitrogens with zero attached hydrogens (tertiary/aromatic N) is 2. The number of nitrogens with one attached hydrogen (secondary N) is 3. The van der Waals surface area contributed by atoms with Crippen molar-refractivity contribution < 1.29 is 23.9 Å². The second kappa shape index (κ2) is 16.4. The molecular weight excluding hydrogens is 618 g/mol. The normalized spacial score (nSPS) is 21.9. The van der Waals surface area contributed by atoms with Crippen LogP contribution in [0.2, 0.25) is 0 Å². The fourth-order valence-electron chi connectivity index (χ4n) is 6.41. The van der Waals surface area contributed by atoms with Crippen LogP contribution < -0.4 is 20.7 Å². The number of carbonyl (C=O) groups is 4. The van der Waals surface area contributed by atoms with E-state index < -0.39 is 48.0 Å². The molecule has 0 aromatic heterocycles. The third-order valence-corrected chi connectivity index (χ3v) is 9.15. The van der Waals surface area contributed by atoms with E-state index in [9.17, 15) is 19.2 Å². The van der Waals surface area contributed by atoms with Gasteiger partial charge in [-0.15, -0.1) is 0 Å². The quantitative estimate of drug-likeness (QED) is 0.322. The van der Waals surface area contributed by atoms with E-state index >= 15 is 0 Å². The Morgan fingerprint density at radius 1 is 0.918 bits per heavy atom. The topological polar surface area (TPSA) is 120 Å².